The molecule has 0 saturated heterocycles. The highest BCUT2D eigenvalue weighted by molar-refractivity contribution is 7.11. The summed E-state index contributed by atoms with van der Waals surface area (Å²) in [5.41, 5.74) is 2.81. The molecule has 3 heteroatoms. The molecule has 0 spiro atoms. The molecule has 2 aromatic rings. The molecule has 90 valence electrons. The van der Waals surface area contributed by atoms with Gasteiger partial charge in [0.15, 0.2) is 0 Å². The molecular weight excluding hydrogens is 228 g/mol. The molecule has 0 unspecified atom stereocenters. The van der Waals surface area contributed by atoms with Crippen LogP contribution in [0.2, 0.25) is 0 Å². The monoisotopic (exact) mass is 246 g/mol. The second-order valence-corrected chi connectivity index (χ2v) is 5.95. The lowest BCUT2D eigenvalue weighted by molar-refractivity contribution is 0.630. The normalized spacial score (nSPS) is 14.9. The van der Waals surface area contributed by atoms with Gasteiger partial charge in [-0.1, -0.05) is 6.92 Å². The molecule has 3 rings (SSSR count). The molecule has 0 bridgehead atoms. The average molecular weight is 246 g/mol. The molecule has 0 radical (unpaired) electrons. The number of imidazole rings is 1. The maximum atomic E-state index is 4.55. The number of hydrogen-bond acceptors (Lipinski definition) is 2. The van der Waals surface area contributed by atoms with Crippen LogP contribution >= 0.6 is 11.3 Å². The third kappa shape index (κ3) is 2.16. The summed E-state index contributed by atoms with van der Waals surface area (Å²) in [6.07, 6.45) is 8.19. The van der Waals surface area contributed by atoms with Gasteiger partial charge in [0.05, 0.1) is 18.6 Å². The molecule has 0 atom stereocenters. The third-order valence-electron chi connectivity index (χ3n) is 3.50. The Morgan fingerprint density at radius 1 is 1.24 bits per heavy atom. The highest BCUT2D eigenvalue weighted by Crippen LogP contribution is 2.23. The molecule has 0 N–H and O–H groups in total. The van der Waals surface area contributed by atoms with E-state index >= 15 is 0 Å². The molecule has 2 aromatic heterocycles. The standard InChI is InChI=1S/C14H18N2S/c1-2-11-7-8-12(17-11)9-16-10-15-13-5-3-4-6-14(13)16/h7-8,10H,2-6,9H2,1H3. The highest BCUT2D eigenvalue weighted by atomic mass is 32.1. The maximum Gasteiger partial charge on any atom is 0.0955 e. The molecule has 17 heavy (non-hydrogen) atoms. The van der Waals surface area contributed by atoms with E-state index in [0.717, 1.165) is 13.0 Å². The van der Waals surface area contributed by atoms with Crippen LogP contribution in [0.25, 0.3) is 0 Å². The Morgan fingerprint density at radius 2 is 2.06 bits per heavy atom. The van der Waals surface area contributed by atoms with Crippen molar-refractivity contribution in [1.82, 2.24) is 9.55 Å². The van der Waals surface area contributed by atoms with E-state index in [1.165, 1.54) is 46.8 Å². The number of aromatic nitrogens is 2. The number of hydrogen-bond donors (Lipinski definition) is 0. The second-order valence-electron chi connectivity index (χ2n) is 4.69. The van der Waals surface area contributed by atoms with Crippen molar-refractivity contribution in [3.8, 4) is 0 Å². The van der Waals surface area contributed by atoms with Crippen LogP contribution < -0.4 is 0 Å². The fraction of sp³-hybridized carbons (Fsp3) is 0.500. The molecule has 1 aliphatic carbocycles. The largest absolute Gasteiger partial charge is 0.329 e. The van der Waals surface area contributed by atoms with Gasteiger partial charge in [0.1, 0.15) is 0 Å². The van der Waals surface area contributed by atoms with Crippen molar-refractivity contribution in [1.29, 1.82) is 0 Å². The van der Waals surface area contributed by atoms with Crippen LogP contribution in [-0.4, -0.2) is 9.55 Å². The Bertz CT molecular complexity index is 510. The van der Waals surface area contributed by atoms with Crippen molar-refractivity contribution in [3.05, 3.63) is 39.6 Å². The fourth-order valence-electron chi connectivity index (χ4n) is 2.53. The van der Waals surface area contributed by atoms with E-state index in [2.05, 4.69) is 28.6 Å². The summed E-state index contributed by atoms with van der Waals surface area (Å²) in [7, 11) is 0. The SMILES string of the molecule is CCc1ccc(Cn2cnc3c2CCCC3)s1. The Labute approximate surface area is 106 Å². The van der Waals surface area contributed by atoms with Crippen molar-refractivity contribution in [2.75, 3.05) is 0 Å². The van der Waals surface area contributed by atoms with E-state index in [-0.39, 0.29) is 0 Å². The van der Waals surface area contributed by atoms with Crippen LogP contribution in [0.4, 0.5) is 0 Å². The molecule has 0 aromatic carbocycles. The first kappa shape index (κ1) is 11.0. The van der Waals surface area contributed by atoms with E-state index in [1.54, 1.807) is 0 Å². The Balaban J connectivity index is 1.82. The van der Waals surface area contributed by atoms with Gasteiger partial charge in [-0.2, -0.15) is 0 Å². The maximum absolute atomic E-state index is 4.55. The van der Waals surface area contributed by atoms with Gasteiger partial charge in [0, 0.05) is 15.4 Å². The van der Waals surface area contributed by atoms with Crippen LogP contribution in [-0.2, 0) is 25.8 Å². The Hall–Kier alpha value is -1.09. The highest BCUT2D eigenvalue weighted by Gasteiger charge is 2.15. The summed E-state index contributed by atoms with van der Waals surface area (Å²) in [5, 5.41) is 0. The van der Waals surface area contributed by atoms with Crippen LogP contribution in [0.3, 0.4) is 0 Å². The lowest BCUT2D eigenvalue weighted by Gasteiger charge is -2.13. The van der Waals surface area contributed by atoms with Gasteiger partial charge < -0.3 is 4.57 Å². The first-order valence-corrected chi connectivity index (χ1v) is 7.29. The van der Waals surface area contributed by atoms with E-state index in [9.17, 15) is 0 Å². The number of rotatable bonds is 3. The first-order valence-electron chi connectivity index (χ1n) is 6.47. The number of thiophene rings is 1. The molecule has 0 aliphatic heterocycles. The average Bonchev–Trinajstić information content (AvgIpc) is 2.97. The molecular formula is C14H18N2S. The van der Waals surface area contributed by atoms with Gasteiger partial charge in [-0.3, -0.25) is 0 Å². The zero-order valence-electron chi connectivity index (χ0n) is 10.3. The predicted octanol–water partition coefficient (Wildman–Crippen LogP) is 3.43. The summed E-state index contributed by atoms with van der Waals surface area (Å²) in [5.74, 6) is 0. The quantitative estimate of drug-likeness (QED) is 0.811. The smallest absolute Gasteiger partial charge is 0.0955 e. The van der Waals surface area contributed by atoms with Crippen molar-refractivity contribution < 1.29 is 0 Å². The van der Waals surface area contributed by atoms with Gasteiger partial charge >= 0.3 is 0 Å². The minimum absolute atomic E-state index is 1.01. The fourth-order valence-corrected chi connectivity index (χ4v) is 3.49. The lowest BCUT2D eigenvalue weighted by atomic mass is 10.0. The molecule has 1 aliphatic rings. The lowest BCUT2D eigenvalue weighted by Crippen LogP contribution is -2.08. The van der Waals surface area contributed by atoms with E-state index < -0.39 is 0 Å². The summed E-state index contributed by atoms with van der Waals surface area (Å²) < 4.78 is 2.35. The predicted molar refractivity (Wildman–Crippen MR) is 71.7 cm³/mol. The van der Waals surface area contributed by atoms with Crippen molar-refractivity contribution in [2.45, 2.75) is 45.6 Å². The van der Waals surface area contributed by atoms with Crippen LogP contribution in [0.1, 0.15) is 40.9 Å². The van der Waals surface area contributed by atoms with Gasteiger partial charge in [0.2, 0.25) is 0 Å². The number of fused-ring (bicyclic) bond motifs is 1. The zero-order chi connectivity index (χ0) is 11.7. The summed E-state index contributed by atoms with van der Waals surface area (Å²) in [6, 6.07) is 4.52. The Morgan fingerprint density at radius 3 is 2.88 bits per heavy atom. The molecule has 0 saturated carbocycles. The minimum Gasteiger partial charge on any atom is -0.329 e. The van der Waals surface area contributed by atoms with Gasteiger partial charge in [-0.25, -0.2) is 4.98 Å². The summed E-state index contributed by atoms with van der Waals surface area (Å²) in [4.78, 5) is 7.48. The van der Waals surface area contributed by atoms with Gasteiger partial charge in [-0.15, -0.1) is 11.3 Å². The topological polar surface area (TPSA) is 17.8 Å². The minimum atomic E-state index is 1.01. The summed E-state index contributed by atoms with van der Waals surface area (Å²) in [6.45, 7) is 3.22. The molecule has 0 amide bonds. The van der Waals surface area contributed by atoms with Gasteiger partial charge in [0.25, 0.3) is 0 Å². The van der Waals surface area contributed by atoms with Gasteiger partial charge in [-0.05, 0) is 44.2 Å². The van der Waals surface area contributed by atoms with E-state index in [0.29, 0.717) is 0 Å². The first-order chi connectivity index (χ1) is 8.36. The number of aryl methyl sites for hydroxylation is 2. The van der Waals surface area contributed by atoms with Crippen LogP contribution in [0, 0.1) is 0 Å². The summed E-state index contributed by atoms with van der Waals surface area (Å²) >= 11 is 1.93. The van der Waals surface area contributed by atoms with Crippen LogP contribution in [0.15, 0.2) is 18.5 Å². The van der Waals surface area contributed by atoms with Crippen LogP contribution in [0.5, 0.6) is 0 Å². The number of nitrogens with zero attached hydrogens (tertiary/aromatic N) is 2. The third-order valence-corrected chi connectivity index (χ3v) is 4.72. The zero-order valence-corrected chi connectivity index (χ0v) is 11.1. The Kier molecular flexibility index (Phi) is 3.02. The van der Waals surface area contributed by atoms with Crippen molar-refractivity contribution in [3.63, 3.8) is 0 Å². The van der Waals surface area contributed by atoms with Crippen molar-refractivity contribution in [2.24, 2.45) is 0 Å². The molecule has 2 heterocycles. The van der Waals surface area contributed by atoms with Crippen molar-refractivity contribution >= 4 is 11.3 Å². The van der Waals surface area contributed by atoms with E-state index in [4.69, 9.17) is 0 Å². The van der Waals surface area contributed by atoms with E-state index in [1.807, 2.05) is 17.7 Å². The molecule has 2 nitrogen and oxygen atoms in total. The molecule has 0 fully saturated rings. The second kappa shape index (κ2) is 4.65.